The van der Waals surface area contributed by atoms with E-state index in [0.717, 1.165) is 5.92 Å². The number of aliphatic hydroxyl groups is 1. The van der Waals surface area contributed by atoms with Crippen molar-refractivity contribution in [2.45, 2.75) is 19.3 Å². The highest BCUT2D eigenvalue weighted by atomic mass is 16.3. The van der Waals surface area contributed by atoms with Crippen molar-refractivity contribution in [3.8, 4) is 0 Å². The van der Waals surface area contributed by atoms with Crippen molar-refractivity contribution in [1.82, 2.24) is 5.32 Å². The molecule has 1 amide bonds. The van der Waals surface area contributed by atoms with Gasteiger partial charge in [0.25, 0.3) is 0 Å². The fourth-order valence-electron chi connectivity index (χ4n) is 2.13. The molecule has 2 atom stereocenters. The lowest BCUT2D eigenvalue weighted by Gasteiger charge is -2.30. The Hall–Kier alpha value is -0.570. The highest BCUT2D eigenvalue weighted by molar-refractivity contribution is 5.77. The molecule has 68 valence electrons. The van der Waals surface area contributed by atoms with Crippen molar-refractivity contribution in [1.29, 1.82) is 0 Å². The van der Waals surface area contributed by atoms with Crippen molar-refractivity contribution in [3.05, 3.63) is 0 Å². The van der Waals surface area contributed by atoms with Crippen LogP contribution in [0.2, 0.25) is 0 Å². The smallest absolute Gasteiger partial charge is 0.220 e. The molecule has 0 aromatic heterocycles. The van der Waals surface area contributed by atoms with Gasteiger partial charge in [0, 0.05) is 25.5 Å². The molecule has 0 aromatic rings. The molecule has 0 spiro atoms. The first-order valence-electron chi connectivity index (χ1n) is 4.69. The van der Waals surface area contributed by atoms with Crippen LogP contribution < -0.4 is 5.32 Å². The average molecular weight is 169 g/mol. The van der Waals surface area contributed by atoms with E-state index in [4.69, 9.17) is 5.11 Å². The SMILES string of the molecule is O=C1CC(C2CC2)C(CO)CN1. The monoisotopic (exact) mass is 169 g/mol. The summed E-state index contributed by atoms with van der Waals surface area (Å²) in [6.07, 6.45) is 3.15. The van der Waals surface area contributed by atoms with Crippen molar-refractivity contribution >= 4 is 5.91 Å². The van der Waals surface area contributed by atoms with E-state index in [-0.39, 0.29) is 12.5 Å². The maximum atomic E-state index is 11.1. The van der Waals surface area contributed by atoms with Crippen LogP contribution in [0, 0.1) is 17.8 Å². The minimum Gasteiger partial charge on any atom is -0.396 e. The van der Waals surface area contributed by atoms with Gasteiger partial charge in [-0.15, -0.1) is 0 Å². The van der Waals surface area contributed by atoms with Gasteiger partial charge in [0.1, 0.15) is 0 Å². The van der Waals surface area contributed by atoms with E-state index in [9.17, 15) is 4.79 Å². The number of amides is 1. The normalized spacial score (nSPS) is 36.2. The summed E-state index contributed by atoms with van der Waals surface area (Å²) in [7, 11) is 0. The van der Waals surface area contributed by atoms with Crippen LogP contribution in [0.5, 0.6) is 0 Å². The quantitative estimate of drug-likeness (QED) is 0.618. The maximum absolute atomic E-state index is 11.1. The predicted octanol–water partition coefficient (Wildman–Crippen LogP) is 0.141. The molecule has 2 rings (SSSR count). The fourth-order valence-corrected chi connectivity index (χ4v) is 2.13. The molecule has 3 nitrogen and oxygen atoms in total. The van der Waals surface area contributed by atoms with E-state index in [0.29, 0.717) is 24.8 Å². The summed E-state index contributed by atoms with van der Waals surface area (Å²) in [4.78, 5) is 11.1. The Bertz CT molecular complexity index is 189. The molecular weight excluding hydrogens is 154 g/mol. The van der Waals surface area contributed by atoms with Crippen molar-refractivity contribution in [2.75, 3.05) is 13.2 Å². The number of carbonyl (C=O) groups is 1. The van der Waals surface area contributed by atoms with E-state index in [1.165, 1.54) is 12.8 Å². The number of rotatable bonds is 2. The second-order valence-corrected chi connectivity index (χ2v) is 3.95. The molecule has 1 aliphatic carbocycles. The Kier molecular flexibility index (Phi) is 2.05. The van der Waals surface area contributed by atoms with Crippen LogP contribution in [-0.4, -0.2) is 24.2 Å². The van der Waals surface area contributed by atoms with Crippen LogP contribution in [0.15, 0.2) is 0 Å². The molecule has 2 N–H and O–H groups in total. The lowest BCUT2D eigenvalue weighted by atomic mass is 9.83. The van der Waals surface area contributed by atoms with Crippen molar-refractivity contribution in [2.24, 2.45) is 17.8 Å². The molecule has 1 saturated carbocycles. The molecule has 0 aromatic carbocycles. The summed E-state index contributed by atoms with van der Waals surface area (Å²) < 4.78 is 0. The Labute approximate surface area is 72.2 Å². The zero-order valence-corrected chi connectivity index (χ0v) is 7.12. The summed E-state index contributed by atoms with van der Waals surface area (Å²) >= 11 is 0. The molecular formula is C9H15NO2. The molecule has 2 aliphatic rings. The molecule has 1 aliphatic heterocycles. The highest BCUT2D eigenvalue weighted by Crippen LogP contribution is 2.43. The second-order valence-electron chi connectivity index (χ2n) is 3.95. The first-order chi connectivity index (χ1) is 5.81. The average Bonchev–Trinajstić information content (AvgIpc) is 2.87. The highest BCUT2D eigenvalue weighted by Gasteiger charge is 2.39. The summed E-state index contributed by atoms with van der Waals surface area (Å²) in [5.41, 5.74) is 0. The maximum Gasteiger partial charge on any atom is 0.220 e. The molecule has 2 fully saturated rings. The lowest BCUT2D eigenvalue weighted by molar-refractivity contribution is -0.125. The predicted molar refractivity (Wildman–Crippen MR) is 44.4 cm³/mol. The van der Waals surface area contributed by atoms with Gasteiger partial charge in [-0.05, 0) is 24.7 Å². The molecule has 0 radical (unpaired) electrons. The molecule has 2 unspecified atom stereocenters. The van der Waals surface area contributed by atoms with Gasteiger partial charge in [-0.3, -0.25) is 4.79 Å². The van der Waals surface area contributed by atoms with Gasteiger partial charge < -0.3 is 10.4 Å². The summed E-state index contributed by atoms with van der Waals surface area (Å²) in [5, 5.41) is 11.9. The number of piperidine rings is 1. The molecule has 1 saturated heterocycles. The second kappa shape index (κ2) is 3.05. The van der Waals surface area contributed by atoms with Crippen LogP contribution in [0.4, 0.5) is 0 Å². The Morgan fingerprint density at radius 2 is 2.25 bits per heavy atom. The van der Waals surface area contributed by atoms with Crippen molar-refractivity contribution < 1.29 is 9.90 Å². The minimum absolute atomic E-state index is 0.164. The van der Waals surface area contributed by atoms with Gasteiger partial charge in [-0.2, -0.15) is 0 Å². The Morgan fingerprint density at radius 3 is 2.83 bits per heavy atom. The third-order valence-corrected chi connectivity index (χ3v) is 3.05. The number of aliphatic hydroxyl groups excluding tert-OH is 1. The Morgan fingerprint density at radius 1 is 1.50 bits per heavy atom. The molecule has 3 heteroatoms. The van der Waals surface area contributed by atoms with Crippen LogP contribution in [0.25, 0.3) is 0 Å². The van der Waals surface area contributed by atoms with E-state index in [1.807, 2.05) is 0 Å². The van der Waals surface area contributed by atoms with Crippen LogP contribution in [0.1, 0.15) is 19.3 Å². The molecule has 0 bridgehead atoms. The zero-order chi connectivity index (χ0) is 8.55. The summed E-state index contributed by atoms with van der Waals surface area (Å²) in [6.45, 7) is 0.901. The Balaban J connectivity index is 1.98. The van der Waals surface area contributed by atoms with Gasteiger partial charge in [0.15, 0.2) is 0 Å². The summed E-state index contributed by atoms with van der Waals surface area (Å²) in [6, 6.07) is 0. The summed E-state index contributed by atoms with van der Waals surface area (Å²) in [5.74, 6) is 1.67. The van der Waals surface area contributed by atoms with Crippen LogP contribution in [-0.2, 0) is 4.79 Å². The topological polar surface area (TPSA) is 49.3 Å². The number of hydrogen-bond acceptors (Lipinski definition) is 2. The standard InChI is InChI=1S/C9H15NO2/c11-5-7-4-10-9(12)3-8(7)6-1-2-6/h6-8,11H,1-5H2,(H,10,12). The fraction of sp³-hybridized carbons (Fsp3) is 0.889. The third kappa shape index (κ3) is 1.46. The minimum atomic E-state index is 0.164. The number of carbonyl (C=O) groups excluding carboxylic acids is 1. The van der Waals surface area contributed by atoms with Crippen LogP contribution in [0.3, 0.4) is 0 Å². The lowest BCUT2D eigenvalue weighted by Crippen LogP contribution is -2.43. The van der Waals surface area contributed by atoms with E-state index in [2.05, 4.69) is 5.32 Å². The first kappa shape index (κ1) is 8.05. The van der Waals surface area contributed by atoms with Gasteiger partial charge in [-0.1, -0.05) is 0 Å². The zero-order valence-electron chi connectivity index (χ0n) is 7.12. The van der Waals surface area contributed by atoms with E-state index < -0.39 is 0 Å². The van der Waals surface area contributed by atoms with Gasteiger partial charge >= 0.3 is 0 Å². The van der Waals surface area contributed by atoms with Crippen LogP contribution >= 0.6 is 0 Å². The van der Waals surface area contributed by atoms with E-state index in [1.54, 1.807) is 0 Å². The number of nitrogens with one attached hydrogen (secondary N) is 1. The molecule has 1 heterocycles. The largest absolute Gasteiger partial charge is 0.396 e. The molecule has 12 heavy (non-hydrogen) atoms. The van der Waals surface area contributed by atoms with Gasteiger partial charge in [0.05, 0.1) is 0 Å². The van der Waals surface area contributed by atoms with Gasteiger partial charge in [0.2, 0.25) is 5.91 Å². The first-order valence-corrected chi connectivity index (χ1v) is 4.69. The third-order valence-electron chi connectivity index (χ3n) is 3.05. The van der Waals surface area contributed by atoms with Gasteiger partial charge in [-0.25, -0.2) is 0 Å². The number of hydrogen-bond donors (Lipinski definition) is 2. The van der Waals surface area contributed by atoms with E-state index >= 15 is 0 Å². The van der Waals surface area contributed by atoms with Crippen molar-refractivity contribution in [3.63, 3.8) is 0 Å².